The minimum atomic E-state index is -3.67. The average molecular weight is 407 g/mol. The Balaban J connectivity index is 2.09. The standard InChI is InChI=1S/C20H26N2O3S2/c1-20(2,3)26-14-13-21-19(23)16-9-8-10-17(15-16)22(4)27(24,25)18-11-6-5-7-12-18/h5-12,15H,13-14H2,1-4H3,(H,21,23). The summed E-state index contributed by atoms with van der Waals surface area (Å²) in [4.78, 5) is 12.6. The largest absolute Gasteiger partial charge is 0.351 e. The highest BCUT2D eigenvalue weighted by Crippen LogP contribution is 2.23. The van der Waals surface area contributed by atoms with E-state index in [0.717, 1.165) is 5.75 Å². The number of rotatable bonds is 7. The maximum atomic E-state index is 12.7. The fraction of sp³-hybridized carbons (Fsp3) is 0.350. The Morgan fingerprint density at radius 1 is 1.07 bits per heavy atom. The Bertz CT molecular complexity index is 876. The lowest BCUT2D eigenvalue weighted by Crippen LogP contribution is -2.28. The maximum Gasteiger partial charge on any atom is 0.264 e. The lowest BCUT2D eigenvalue weighted by molar-refractivity contribution is 0.0956. The molecule has 2 aromatic rings. The van der Waals surface area contributed by atoms with Crippen LogP contribution in [0.25, 0.3) is 0 Å². The zero-order chi connectivity index (χ0) is 20.1. The molecule has 0 saturated carbocycles. The Labute approximate surface area is 166 Å². The highest BCUT2D eigenvalue weighted by Gasteiger charge is 2.21. The van der Waals surface area contributed by atoms with Crippen LogP contribution in [0.4, 0.5) is 5.69 Å². The zero-order valence-corrected chi connectivity index (χ0v) is 17.7. The molecule has 0 radical (unpaired) electrons. The number of hydrogen-bond donors (Lipinski definition) is 1. The molecule has 0 aliphatic rings. The van der Waals surface area contributed by atoms with E-state index in [1.807, 2.05) is 0 Å². The van der Waals surface area contributed by atoms with Gasteiger partial charge in [-0.1, -0.05) is 45.0 Å². The number of carbonyl (C=O) groups is 1. The van der Waals surface area contributed by atoms with Crippen LogP contribution in [0.2, 0.25) is 0 Å². The Morgan fingerprint density at radius 2 is 1.74 bits per heavy atom. The second-order valence-electron chi connectivity index (χ2n) is 7.05. The van der Waals surface area contributed by atoms with E-state index in [-0.39, 0.29) is 15.5 Å². The third-order valence-corrected chi connectivity index (χ3v) is 6.87. The van der Waals surface area contributed by atoms with E-state index in [4.69, 9.17) is 0 Å². The van der Waals surface area contributed by atoms with Crippen molar-refractivity contribution in [3.63, 3.8) is 0 Å². The topological polar surface area (TPSA) is 66.5 Å². The van der Waals surface area contributed by atoms with Crippen molar-refractivity contribution in [2.45, 2.75) is 30.4 Å². The van der Waals surface area contributed by atoms with Crippen LogP contribution in [0.15, 0.2) is 59.5 Å². The normalized spacial score (nSPS) is 11.9. The van der Waals surface area contributed by atoms with Gasteiger partial charge in [0.05, 0.1) is 10.6 Å². The van der Waals surface area contributed by atoms with Crippen LogP contribution in [0.3, 0.4) is 0 Å². The molecule has 1 amide bonds. The van der Waals surface area contributed by atoms with Gasteiger partial charge >= 0.3 is 0 Å². The monoisotopic (exact) mass is 406 g/mol. The smallest absolute Gasteiger partial charge is 0.264 e. The Kier molecular flexibility index (Phi) is 6.95. The fourth-order valence-electron chi connectivity index (χ4n) is 2.36. The van der Waals surface area contributed by atoms with Gasteiger partial charge in [-0.05, 0) is 30.3 Å². The highest BCUT2D eigenvalue weighted by molar-refractivity contribution is 8.00. The number of anilines is 1. The molecule has 5 nitrogen and oxygen atoms in total. The quantitative estimate of drug-likeness (QED) is 0.711. The lowest BCUT2D eigenvalue weighted by atomic mass is 10.2. The molecule has 0 aromatic heterocycles. The van der Waals surface area contributed by atoms with Gasteiger partial charge in [0.1, 0.15) is 0 Å². The van der Waals surface area contributed by atoms with E-state index in [1.54, 1.807) is 66.4 Å². The minimum absolute atomic E-state index is 0.152. The second kappa shape index (κ2) is 8.80. The van der Waals surface area contributed by atoms with Gasteiger partial charge in [-0.3, -0.25) is 9.10 Å². The summed E-state index contributed by atoms with van der Waals surface area (Å²) in [7, 11) is -2.19. The number of thioether (sulfide) groups is 1. The van der Waals surface area contributed by atoms with Crippen molar-refractivity contribution in [2.24, 2.45) is 0 Å². The summed E-state index contributed by atoms with van der Waals surface area (Å²) < 4.78 is 26.8. The van der Waals surface area contributed by atoms with Crippen molar-refractivity contribution < 1.29 is 13.2 Å². The molecular formula is C20H26N2O3S2. The molecule has 7 heteroatoms. The summed E-state index contributed by atoms with van der Waals surface area (Å²) in [6.07, 6.45) is 0. The van der Waals surface area contributed by atoms with Crippen molar-refractivity contribution in [3.05, 3.63) is 60.2 Å². The van der Waals surface area contributed by atoms with E-state index in [0.29, 0.717) is 17.8 Å². The molecule has 0 aliphatic carbocycles. The van der Waals surface area contributed by atoms with Crippen LogP contribution in [0.1, 0.15) is 31.1 Å². The third kappa shape index (κ3) is 6.01. The van der Waals surface area contributed by atoms with Crippen molar-refractivity contribution in [1.29, 1.82) is 0 Å². The van der Waals surface area contributed by atoms with Gasteiger partial charge in [0, 0.05) is 29.7 Å². The molecule has 0 heterocycles. The van der Waals surface area contributed by atoms with Crippen molar-refractivity contribution in [2.75, 3.05) is 23.7 Å². The fourth-order valence-corrected chi connectivity index (χ4v) is 4.38. The van der Waals surface area contributed by atoms with Crippen LogP contribution in [0.5, 0.6) is 0 Å². The first-order valence-corrected chi connectivity index (χ1v) is 11.1. The molecule has 146 valence electrons. The predicted molar refractivity (Wildman–Crippen MR) is 113 cm³/mol. The highest BCUT2D eigenvalue weighted by atomic mass is 32.2. The zero-order valence-electron chi connectivity index (χ0n) is 16.1. The van der Waals surface area contributed by atoms with Crippen LogP contribution < -0.4 is 9.62 Å². The van der Waals surface area contributed by atoms with E-state index in [9.17, 15) is 13.2 Å². The van der Waals surface area contributed by atoms with Gasteiger partial charge in [0.2, 0.25) is 0 Å². The summed E-state index contributed by atoms with van der Waals surface area (Å²) in [6.45, 7) is 6.95. The van der Waals surface area contributed by atoms with E-state index >= 15 is 0 Å². The number of amides is 1. The van der Waals surface area contributed by atoms with Crippen molar-refractivity contribution in [1.82, 2.24) is 5.32 Å². The van der Waals surface area contributed by atoms with Gasteiger partial charge < -0.3 is 5.32 Å². The van der Waals surface area contributed by atoms with Gasteiger partial charge in [0.25, 0.3) is 15.9 Å². The number of nitrogens with zero attached hydrogens (tertiary/aromatic N) is 1. The van der Waals surface area contributed by atoms with E-state index < -0.39 is 10.0 Å². The molecule has 2 aromatic carbocycles. The number of carbonyl (C=O) groups excluding carboxylic acids is 1. The number of hydrogen-bond acceptors (Lipinski definition) is 4. The minimum Gasteiger partial charge on any atom is -0.351 e. The molecule has 0 fully saturated rings. The third-order valence-electron chi connectivity index (χ3n) is 3.80. The predicted octanol–water partition coefficient (Wildman–Crippen LogP) is 3.77. The first kappa shape index (κ1) is 21.3. The van der Waals surface area contributed by atoms with Crippen molar-refractivity contribution in [3.8, 4) is 0 Å². The molecule has 0 saturated heterocycles. The van der Waals surface area contributed by atoms with E-state index in [1.165, 1.54) is 11.4 Å². The van der Waals surface area contributed by atoms with Gasteiger partial charge in [-0.25, -0.2) is 8.42 Å². The first-order valence-electron chi connectivity index (χ1n) is 8.67. The molecule has 0 spiro atoms. The van der Waals surface area contributed by atoms with Crippen LogP contribution in [-0.4, -0.2) is 38.4 Å². The molecule has 1 N–H and O–H groups in total. The summed E-state index contributed by atoms with van der Waals surface area (Å²) in [5, 5.41) is 2.88. The van der Waals surface area contributed by atoms with Crippen LogP contribution in [-0.2, 0) is 10.0 Å². The van der Waals surface area contributed by atoms with E-state index in [2.05, 4.69) is 26.1 Å². The Hall–Kier alpha value is -1.99. The molecule has 0 atom stereocenters. The van der Waals surface area contributed by atoms with Gasteiger partial charge in [-0.15, -0.1) is 0 Å². The molecule has 0 bridgehead atoms. The maximum absolute atomic E-state index is 12.7. The second-order valence-corrected chi connectivity index (χ2v) is 10.9. The molecule has 27 heavy (non-hydrogen) atoms. The number of sulfonamides is 1. The SMILES string of the molecule is CN(c1cccc(C(=O)NCCSC(C)(C)C)c1)S(=O)(=O)c1ccccc1. The van der Waals surface area contributed by atoms with Crippen LogP contribution in [0, 0.1) is 0 Å². The number of benzene rings is 2. The molecule has 2 rings (SSSR count). The molecule has 0 aliphatic heterocycles. The summed E-state index contributed by atoms with van der Waals surface area (Å²) >= 11 is 1.78. The molecule has 0 unspecified atom stereocenters. The number of nitrogens with one attached hydrogen (secondary N) is 1. The summed E-state index contributed by atoms with van der Waals surface area (Å²) in [5.41, 5.74) is 0.874. The average Bonchev–Trinajstić information content (AvgIpc) is 2.64. The molecular weight excluding hydrogens is 380 g/mol. The van der Waals surface area contributed by atoms with Crippen molar-refractivity contribution >= 4 is 33.4 Å². The Morgan fingerprint density at radius 3 is 2.37 bits per heavy atom. The van der Waals surface area contributed by atoms with Crippen LogP contribution >= 0.6 is 11.8 Å². The van der Waals surface area contributed by atoms with Gasteiger partial charge in [-0.2, -0.15) is 11.8 Å². The summed E-state index contributed by atoms with van der Waals surface area (Å²) in [6, 6.07) is 14.9. The first-order chi connectivity index (χ1) is 12.6. The lowest BCUT2D eigenvalue weighted by Gasteiger charge is -2.20. The summed E-state index contributed by atoms with van der Waals surface area (Å²) in [5.74, 6) is 0.605. The van der Waals surface area contributed by atoms with Gasteiger partial charge in [0.15, 0.2) is 0 Å².